The van der Waals surface area contributed by atoms with Gasteiger partial charge in [0.25, 0.3) is 0 Å². The lowest BCUT2D eigenvalue weighted by Crippen LogP contribution is -2.30. The van der Waals surface area contributed by atoms with Crippen molar-refractivity contribution in [1.82, 2.24) is 4.98 Å². The smallest absolute Gasteiger partial charge is 0.0502 e. The summed E-state index contributed by atoms with van der Waals surface area (Å²) in [4.78, 5) is 8.51. The van der Waals surface area contributed by atoms with Crippen LogP contribution in [0, 0.1) is 0 Å². The molecule has 3 heterocycles. The molecule has 0 saturated heterocycles. The zero-order chi connectivity index (χ0) is 38.5. The van der Waals surface area contributed by atoms with Crippen molar-refractivity contribution in [3.05, 3.63) is 204 Å². The summed E-state index contributed by atoms with van der Waals surface area (Å²) in [7, 11) is 0. The monoisotopic (exact) mass is 733 g/mol. The largest absolute Gasteiger partial charge is 0.355 e. The summed E-state index contributed by atoms with van der Waals surface area (Å²) in [5, 5.41) is 2.46. The Labute approximate surface area is 334 Å². The quantitative estimate of drug-likeness (QED) is 0.195. The van der Waals surface area contributed by atoms with Crippen LogP contribution in [-0.2, 0) is 10.8 Å². The third kappa shape index (κ3) is 5.05. The minimum atomic E-state index is -0.0771. The van der Waals surface area contributed by atoms with Crippen LogP contribution in [0.4, 0.5) is 34.1 Å². The van der Waals surface area contributed by atoms with Gasteiger partial charge < -0.3 is 14.8 Å². The van der Waals surface area contributed by atoms with Gasteiger partial charge in [0, 0.05) is 44.0 Å². The average molecular weight is 734 g/mol. The molecule has 1 N–H and O–H groups in total. The first kappa shape index (κ1) is 33.5. The Morgan fingerprint density at radius 2 is 0.632 bits per heavy atom. The Bertz CT molecular complexity index is 2720. The standard InChI is InChI=1S/C54H43N3/c1-53(2)43-13-5-9-17-49(43)56(50-18-10-6-14-44(50)53)39-27-21-35(22-28-39)37-25-31-47-41(33-37)42-34-38(26-32-48(42)55-47)36-23-29-40(30-24-36)57-51-19-11-7-15-45(51)54(3,4)46-16-8-12-20-52(46)57/h5-34,55H,1-4H3. The number of anilines is 6. The van der Waals surface area contributed by atoms with Gasteiger partial charge in [0.05, 0.1) is 22.7 Å². The molecule has 0 fully saturated rings. The summed E-state index contributed by atoms with van der Waals surface area (Å²) in [5.41, 5.74) is 19.6. The van der Waals surface area contributed by atoms with E-state index in [1.54, 1.807) is 0 Å². The second-order valence-electron chi connectivity index (χ2n) is 16.7. The predicted octanol–water partition coefficient (Wildman–Crippen LogP) is 14.9. The molecule has 11 rings (SSSR count). The molecule has 0 atom stereocenters. The molecule has 0 aliphatic carbocycles. The van der Waals surface area contributed by atoms with Crippen molar-refractivity contribution < 1.29 is 0 Å². The molecule has 1 aromatic heterocycles. The Balaban J connectivity index is 0.929. The highest BCUT2D eigenvalue weighted by Gasteiger charge is 2.37. The van der Waals surface area contributed by atoms with E-state index in [2.05, 4.69) is 224 Å². The molecular weight excluding hydrogens is 691 g/mol. The van der Waals surface area contributed by atoms with Crippen LogP contribution in [0.1, 0.15) is 49.9 Å². The predicted molar refractivity (Wildman–Crippen MR) is 240 cm³/mol. The number of hydrogen-bond donors (Lipinski definition) is 1. The molecule has 0 spiro atoms. The van der Waals surface area contributed by atoms with E-state index in [-0.39, 0.29) is 10.8 Å². The third-order valence-electron chi connectivity index (χ3n) is 12.8. The number of aromatic amines is 1. The van der Waals surface area contributed by atoms with Crippen molar-refractivity contribution in [2.75, 3.05) is 9.80 Å². The topological polar surface area (TPSA) is 22.3 Å². The van der Waals surface area contributed by atoms with Gasteiger partial charge in [-0.25, -0.2) is 0 Å². The van der Waals surface area contributed by atoms with Gasteiger partial charge in [0.1, 0.15) is 0 Å². The van der Waals surface area contributed by atoms with Crippen molar-refractivity contribution in [3.8, 4) is 22.3 Å². The number of H-pyrrole nitrogens is 1. The van der Waals surface area contributed by atoms with Crippen LogP contribution in [0.5, 0.6) is 0 Å². The van der Waals surface area contributed by atoms with Gasteiger partial charge in [-0.3, -0.25) is 0 Å². The first-order chi connectivity index (χ1) is 27.8. The summed E-state index contributed by atoms with van der Waals surface area (Å²) in [6, 6.07) is 67.1. The van der Waals surface area contributed by atoms with Gasteiger partial charge in [-0.15, -0.1) is 0 Å². The van der Waals surface area contributed by atoms with E-state index in [4.69, 9.17) is 0 Å². The lowest BCUT2D eigenvalue weighted by molar-refractivity contribution is 0.632. The van der Waals surface area contributed by atoms with Crippen LogP contribution in [0.2, 0.25) is 0 Å². The van der Waals surface area contributed by atoms with E-state index in [9.17, 15) is 0 Å². The Morgan fingerprint density at radius 3 is 0.965 bits per heavy atom. The number of hydrogen-bond acceptors (Lipinski definition) is 2. The van der Waals surface area contributed by atoms with Crippen molar-refractivity contribution in [3.63, 3.8) is 0 Å². The Kier molecular flexibility index (Phi) is 7.25. The highest BCUT2D eigenvalue weighted by molar-refractivity contribution is 6.10. The minimum absolute atomic E-state index is 0.0771. The molecule has 57 heavy (non-hydrogen) atoms. The molecule has 9 aromatic rings. The number of benzene rings is 8. The van der Waals surface area contributed by atoms with Gasteiger partial charge >= 0.3 is 0 Å². The fourth-order valence-electron chi connectivity index (χ4n) is 9.76. The molecule has 2 aliphatic heterocycles. The summed E-state index contributed by atoms with van der Waals surface area (Å²) in [6.45, 7) is 9.33. The Morgan fingerprint density at radius 1 is 0.333 bits per heavy atom. The Hall–Kier alpha value is -6.84. The molecule has 3 heteroatoms. The second-order valence-corrected chi connectivity index (χ2v) is 16.7. The zero-order valence-corrected chi connectivity index (χ0v) is 32.7. The lowest BCUT2D eigenvalue weighted by atomic mass is 9.73. The number of nitrogens with one attached hydrogen (secondary N) is 1. The van der Waals surface area contributed by atoms with E-state index in [1.807, 2.05) is 0 Å². The third-order valence-corrected chi connectivity index (χ3v) is 12.8. The molecule has 8 aromatic carbocycles. The van der Waals surface area contributed by atoms with Crippen LogP contribution in [-0.4, -0.2) is 4.98 Å². The number of nitrogens with zero attached hydrogens (tertiary/aromatic N) is 2. The molecule has 3 nitrogen and oxygen atoms in total. The van der Waals surface area contributed by atoms with Crippen LogP contribution < -0.4 is 9.80 Å². The van der Waals surface area contributed by atoms with E-state index >= 15 is 0 Å². The summed E-state index contributed by atoms with van der Waals surface area (Å²) in [5.74, 6) is 0. The van der Waals surface area contributed by atoms with Crippen molar-refractivity contribution in [1.29, 1.82) is 0 Å². The number of para-hydroxylation sites is 4. The maximum atomic E-state index is 3.68. The van der Waals surface area contributed by atoms with Crippen LogP contribution in [0.3, 0.4) is 0 Å². The highest BCUT2D eigenvalue weighted by Crippen LogP contribution is 2.53. The van der Waals surface area contributed by atoms with E-state index in [0.717, 1.165) is 22.4 Å². The van der Waals surface area contributed by atoms with Gasteiger partial charge in [0.2, 0.25) is 0 Å². The SMILES string of the molecule is CC1(C)c2ccccc2N(c2ccc(-c3ccc4[nH]c5ccc(-c6ccc(N7c8ccccc8C(C)(C)c8ccccc87)cc6)cc5c4c3)cc2)c2ccccc21. The minimum Gasteiger partial charge on any atom is -0.355 e. The first-order valence-electron chi connectivity index (χ1n) is 20.0. The van der Waals surface area contributed by atoms with Crippen LogP contribution in [0.25, 0.3) is 44.1 Å². The highest BCUT2D eigenvalue weighted by atomic mass is 15.2. The average Bonchev–Trinajstić information content (AvgIpc) is 3.62. The lowest BCUT2D eigenvalue weighted by Gasteiger charge is -2.42. The van der Waals surface area contributed by atoms with Gasteiger partial charge in [-0.1, -0.05) is 137 Å². The normalized spacial score (nSPS) is 14.9. The second kappa shape index (κ2) is 12.3. The van der Waals surface area contributed by atoms with Crippen molar-refractivity contribution >= 4 is 55.9 Å². The van der Waals surface area contributed by atoms with Gasteiger partial charge in [-0.05, 0) is 117 Å². The van der Waals surface area contributed by atoms with Crippen LogP contribution >= 0.6 is 0 Å². The maximum Gasteiger partial charge on any atom is 0.0502 e. The maximum absolute atomic E-state index is 3.68. The molecule has 0 radical (unpaired) electrons. The van der Waals surface area contributed by atoms with Gasteiger partial charge in [0.15, 0.2) is 0 Å². The fraction of sp³-hybridized carbons (Fsp3) is 0.111. The molecule has 274 valence electrons. The molecule has 0 saturated carbocycles. The molecule has 0 bridgehead atoms. The summed E-state index contributed by atoms with van der Waals surface area (Å²) in [6.07, 6.45) is 0. The molecule has 0 unspecified atom stereocenters. The molecular formula is C54H43N3. The summed E-state index contributed by atoms with van der Waals surface area (Å²) >= 11 is 0. The zero-order valence-electron chi connectivity index (χ0n) is 32.7. The number of aromatic nitrogens is 1. The van der Waals surface area contributed by atoms with E-state index in [0.29, 0.717) is 0 Å². The molecule has 2 aliphatic rings. The fourth-order valence-corrected chi connectivity index (χ4v) is 9.76. The van der Waals surface area contributed by atoms with Crippen LogP contribution in [0.15, 0.2) is 182 Å². The van der Waals surface area contributed by atoms with E-state index in [1.165, 1.54) is 78.0 Å². The van der Waals surface area contributed by atoms with Crippen molar-refractivity contribution in [2.24, 2.45) is 0 Å². The summed E-state index contributed by atoms with van der Waals surface area (Å²) < 4.78 is 0. The molecule has 0 amide bonds. The first-order valence-corrected chi connectivity index (χ1v) is 20.0. The van der Waals surface area contributed by atoms with E-state index < -0.39 is 0 Å². The van der Waals surface area contributed by atoms with Gasteiger partial charge in [-0.2, -0.15) is 0 Å². The van der Waals surface area contributed by atoms with Crippen molar-refractivity contribution in [2.45, 2.75) is 38.5 Å². The number of fused-ring (bicyclic) bond motifs is 7. The number of rotatable bonds is 4.